The van der Waals surface area contributed by atoms with E-state index in [9.17, 15) is 9.59 Å². The molecule has 0 atom stereocenters. The molecule has 0 spiro atoms. The maximum absolute atomic E-state index is 12.7. The lowest BCUT2D eigenvalue weighted by molar-refractivity contribution is -0.164. The first-order chi connectivity index (χ1) is 8.34. The molecule has 0 saturated heterocycles. The second-order valence-corrected chi connectivity index (χ2v) is 6.30. The molecule has 18 heavy (non-hydrogen) atoms. The number of ketones is 1. The molecule has 0 bridgehead atoms. The third-order valence-electron chi connectivity index (χ3n) is 3.74. The molecule has 0 heterocycles. The molecule has 0 aromatic carbocycles. The number of hydrogen-bond donors (Lipinski definition) is 0. The van der Waals surface area contributed by atoms with E-state index in [0.717, 1.165) is 25.7 Å². The van der Waals surface area contributed by atoms with Gasteiger partial charge in [0.05, 0.1) is 6.61 Å². The SMILES string of the molecule is CCOC(=O)C1(C(=O)C(C)(C)C)CCCCCC1. The molecule has 0 radical (unpaired) electrons. The number of hydrogen-bond acceptors (Lipinski definition) is 3. The Hall–Kier alpha value is -0.860. The summed E-state index contributed by atoms with van der Waals surface area (Å²) >= 11 is 0. The van der Waals surface area contributed by atoms with Crippen molar-refractivity contribution in [3.8, 4) is 0 Å². The third kappa shape index (κ3) is 3.12. The lowest BCUT2D eigenvalue weighted by Crippen LogP contribution is -2.46. The zero-order chi connectivity index (χ0) is 13.8. The van der Waals surface area contributed by atoms with Crippen molar-refractivity contribution in [3.05, 3.63) is 0 Å². The predicted molar refractivity (Wildman–Crippen MR) is 71.2 cm³/mol. The maximum atomic E-state index is 12.7. The van der Waals surface area contributed by atoms with Crippen molar-refractivity contribution in [2.75, 3.05) is 6.61 Å². The molecule has 0 aromatic rings. The van der Waals surface area contributed by atoms with Crippen LogP contribution in [0.4, 0.5) is 0 Å². The van der Waals surface area contributed by atoms with E-state index < -0.39 is 10.8 Å². The minimum absolute atomic E-state index is 0.0513. The number of carbonyl (C=O) groups is 2. The van der Waals surface area contributed by atoms with Gasteiger partial charge in [-0.1, -0.05) is 46.5 Å². The Morgan fingerprint density at radius 3 is 1.94 bits per heavy atom. The van der Waals surface area contributed by atoms with Crippen LogP contribution in [0.2, 0.25) is 0 Å². The topological polar surface area (TPSA) is 43.4 Å². The summed E-state index contributed by atoms with van der Waals surface area (Å²) in [6, 6.07) is 0. The van der Waals surface area contributed by atoms with Gasteiger partial charge in [-0.2, -0.15) is 0 Å². The number of Topliss-reactive ketones (excluding diaryl/α,β-unsaturated/α-hetero) is 1. The minimum atomic E-state index is -0.884. The Labute approximate surface area is 110 Å². The quantitative estimate of drug-likeness (QED) is 0.440. The first kappa shape index (κ1) is 15.2. The van der Waals surface area contributed by atoms with Gasteiger partial charge in [0.25, 0.3) is 0 Å². The van der Waals surface area contributed by atoms with Crippen LogP contribution >= 0.6 is 0 Å². The average molecular weight is 254 g/mol. The second-order valence-electron chi connectivity index (χ2n) is 6.30. The summed E-state index contributed by atoms with van der Waals surface area (Å²) in [4.78, 5) is 25.0. The molecule has 0 unspecified atom stereocenters. The summed E-state index contributed by atoms with van der Waals surface area (Å²) in [5, 5.41) is 0. The molecule has 3 heteroatoms. The Morgan fingerprint density at radius 1 is 1.06 bits per heavy atom. The van der Waals surface area contributed by atoms with E-state index in [1.807, 2.05) is 20.8 Å². The molecule has 0 N–H and O–H groups in total. The Balaban J connectivity index is 3.07. The molecule has 104 valence electrons. The molecule has 0 aromatic heterocycles. The maximum Gasteiger partial charge on any atom is 0.319 e. The van der Waals surface area contributed by atoms with Crippen LogP contribution in [0.1, 0.15) is 66.2 Å². The van der Waals surface area contributed by atoms with E-state index in [2.05, 4.69) is 0 Å². The van der Waals surface area contributed by atoms with Crippen molar-refractivity contribution >= 4 is 11.8 Å². The van der Waals surface area contributed by atoms with Crippen molar-refractivity contribution in [1.29, 1.82) is 0 Å². The fourth-order valence-corrected chi connectivity index (χ4v) is 2.84. The summed E-state index contributed by atoms with van der Waals surface area (Å²) in [6.07, 6.45) is 5.42. The summed E-state index contributed by atoms with van der Waals surface area (Å²) in [5.41, 5.74) is -1.37. The number of rotatable bonds is 3. The van der Waals surface area contributed by atoms with Crippen molar-refractivity contribution in [2.45, 2.75) is 66.2 Å². The fraction of sp³-hybridized carbons (Fsp3) is 0.867. The third-order valence-corrected chi connectivity index (χ3v) is 3.74. The van der Waals surface area contributed by atoms with Crippen molar-refractivity contribution in [1.82, 2.24) is 0 Å². The van der Waals surface area contributed by atoms with Crippen LogP contribution in [-0.2, 0) is 14.3 Å². The normalized spacial score (nSPS) is 20.0. The first-order valence-electron chi connectivity index (χ1n) is 7.07. The van der Waals surface area contributed by atoms with E-state index in [-0.39, 0.29) is 11.8 Å². The second kappa shape index (κ2) is 5.85. The van der Waals surface area contributed by atoms with Crippen LogP contribution < -0.4 is 0 Å². The van der Waals surface area contributed by atoms with E-state index in [4.69, 9.17) is 4.74 Å². The molecule has 3 nitrogen and oxygen atoms in total. The van der Waals surface area contributed by atoms with Gasteiger partial charge < -0.3 is 4.74 Å². The monoisotopic (exact) mass is 254 g/mol. The molecular formula is C15H26O3. The average Bonchev–Trinajstić information content (AvgIpc) is 2.53. The zero-order valence-electron chi connectivity index (χ0n) is 12.2. The summed E-state index contributed by atoms with van der Waals surface area (Å²) in [7, 11) is 0. The molecule has 1 aliphatic rings. The highest BCUT2D eigenvalue weighted by molar-refractivity contribution is 6.06. The zero-order valence-corrected chi connectivity index (χ0v) is 12.2. The summed E-state index contributed by atoms with van der Waals surface area (Å²) in [5.74, 6) is -0.248. The lowest BCUT2D eigenvalue weighted by Gasteiger charge is -2.34. The van der Waals surface area contributed by atoms with Crippen LogP contribution in [0, 0.1) is 10.8 Å². The Bertz CT molecular complexity index is 304. The van der Waals surface area contributed by atoms with Gasteiger partial charge in [-0.25, -0.2) is 0 Å². The van der Waals surface area contributed by atoms with Crippen LogP contribution in [-0.4, -0.2) is 18.4 Å². The van der Waals surface area contributed by atoms with Gasteiger partial charge in [0.1, 0.15) is 5.41 Å². The highest BCUT2D eigenvalue weighted by Crippen LogP contribution is 2.42. The number of esters is 1. The molecule has 1 aliphatic carbocycles. The van der Waals surface area contributed by atoms with Crippen molar-refractivity contribution in [2.24, 2.45) is 10.8 Å². The lowest BCUT2D eigenvalue weighted by atomic mass is 9.68. The van der Waals surface area contributed by atoms with Gasteiger partial charge in [-0.15, -0.1) is 0 Å². The van der Waals surface area contributed by atoms with E-state index in [1.54, 1.807) is 6.92 Å². The van der Waals surface area contributed by atoms with Crippen LogP contribution in [0.3, 0.4) is 0 Å². The van der Waals surface area contributed by atoms with Crippen LogP contribution in [0.25, 0.3) is 0 Å². The van der Waals surface area contributed by atoms with Gasteiger partial charge in [0.2, 0.25) is 0 Å². The molecule has 0 aliphatic heterocycles. The molecule has 1 saturated carbocycles. The van der Waals surface area contributed by atoms with E-state index in [0.29, 0.717) is 19.4 Å². The Kier molecular flexibility index (Phi) is 4.94. The van der Waals surface area contributed by atoms with Crippen LogP contribution in [0.5, 0.6) is 0 Å². The van der Waals surface area contributed by atoms with Gasteiger partial charge in [0, 0.05) is 5.41 Å². The molecular weight excluding hydrogens is 228 g/mol. The fourth-order valence-electron chi connectivity index (χ4n) is 2.84. The van der Waals surface area contributed by atoms with Gasteiger partial charge in [-0.3, -0.25) is 9.59 Å². The van der Waals surface area contributed by atoms with Gasteiger partial charge in [-0.05, 0) is 19.8 Å². The van der Waals surface area contributed by atoms with Crippen molar-refractivity contribution < 1.29 is 14.3 Å². The van der Waals surface area contributed by atoms with Gasteiger partial charge in [0.15, 0.2) is 5.78 Å². The van der Waals surface area contributed by atoms with E-state index >= 15 is 0 Å². The summed E-state index contributed by atoms with van der Waals surface area (Å²) < 4.78 is 5.20. The number of ether oxygens (including phenoxy) is 1. The van der Waals surface area contributed by atoms with Gasteiger partial charge >= 0.3 is 5.97 Å². The molecule has 1 rings (SSSR count). The molecule has 0 amide bonds. The van der Waals surface area contributed by atoms with E-state index in [1.165, 1.54) is 0 Å². The number of carbonyl (C=O) groups excluding carboxylic acids is 2. The Morgan fingerprint density at radius 2 is 1.56 bits per heavy atom. The smallest absolute Gasteiger partial charge is 0.319 e. The largest absolute Gasteiger partial charge is 0.465 e. The highest BCUT2D eigenvalue weighted by Gasteiger charge is 2.50. The first-order valence-corrected chi connectivity index (χ1v) is 7.07. The molecule has 1 fully saturated rings. The standard InChI is InChI=1S/C15H26O3/c1-5-18-13(17)15(12(16)14(2,3)4)10-8-6-7-9-11-15/h5-11H2,1-4H3. The summed E-state index contributed by atoms with van der Waals surface area (Å²) in [6.45, 7) is 7.81. The van der Waals surface area contributed by atoms with Crippen LogP contribution in [0.15, 0.2) is 0 Å². The minimum Gasteiger partial charge on any atom is -0.465 e. The van der Waals surface area contributed by atoms with Crippen molar-refractivity contribution in [3.63, 3.8) is 0 Å². The highest BCUT2D eigenvalue weighted by atomic mass is 16.5. The predicted octanol–water partition coefficient (Wildman–Crippen LogP) is 3.51.